The molecule has 0 radical (unpaired) electrons. The van der Waals surface area contributed by atoms with Crippen LogP contribution in [0.4, 0.5) is 5.95 Å². The van der Waals surface area contributed by atoms with Crippen LogP contribution in [0.2, 0.25) is 0 Å². The molecule has 3 rings (SSSR count). The van der Waals surface area contributed by atoms with Crippen LogP contribution in [0.1, 0.15) is 11.8 Å². The summed E-state index contributed by atoms with van der Waals surface area (Å²) in [6, 6.07) is 5.38. The second kappa shape index (κ2) is 5.70. The van der Waals surface area contributed by atoms with Gasteiger partial charge in [-0.25, -0.2) is 18.4 Å². The molecule has 3 heterocycles. The number of hydrogen-bond donors (Lipinski definition) is 1. The maximum Gasteiger partial charge on any atom is 0.252 e. The Hall–Kier alpha value is -1.51. The lowest BCUT2D eigenvalue weighted by molar-refractivity contribution is 0.280. The van der Waals surface area contributed by atoms with Gasteiger partial charge in [0.05, 0.1) is 6.04 Å². The summed E-state index contributed by atoms with van der Waals surface area (Å²) in [7, 11) is -3.35. The number of nitrogens with one attached hydrogen (secondary N) is 1. The molecule has 0 bridgehead atoms. The minimum Gasteiger partial charge on any atom is -0.349 e. The third-order valence-corrected chi connectivity index (χ3v) is 6.86. The van der Waals surface area contributed by atoms with E-state index in [1.165, 1.54) is 15.6 Å². The second-order valence-electron chi connectivity index (χ2n) is 4.81. The van der Waals surface area contributed by atoms with Crippen LogP contribution in [-0.4, -0.2) is 41.8 Å². The fourth-order valence-corrected chi connectivity index (χ4v) is 5.08. The largest absolute Gasteiger partial charge is 0.349 e. The van der Waals surface area contributed by atoms with Crippen molar-refractivity contribution in [1.29, 1.82) is 0 Å². The van der Waals surface area contributed by atoms with Crippen molar-refractivity contribution in [2.45, 2.75) is 23.6 Å². The molecule has 0 aromatic carbocycles. The van der Waals surface area contributed by atoms with E-state index in [1.807, 2.05) is 13.0 Å². The van der Waals surface area contributed by atoms with E-state index in [0.29, 0.717) is 23.2 Å². The quantitative estimate of drug-likeness (QED) is 0.904. The first-order chi connectivity index (χ1) is 10.1. The Morgan fingerprint density at radius 3 is 2.67 bits per heavy atom. The van der Waals surface area contributed by atoms with Crippen molar-refractivity contribution < 1.29 is 8.42 Å². The first kappa shape index (κ1) is 14.4. The fourth-order valence-electron chi connectivity index (χ4n) is 2.10. The van der Waals surface area contributed by atoms with Crippen LogP contribution in [0.3, 0.4) is 0 Å². The molecule has 1 aliphatic heterocycles. The standard InChI is InChI=1S/C13H16N4O2S2/c1-2-11-4-5-12(20-11)21(18,19)17-8-10(9-17)16-13-14-6-3-7-15-13/h3-7,10H,2,8-9H2,1H3,(H,14,15,16). The Morgan fingerprint density at radius 1 is 1.33 bits per heavy atom. The molecule has 2 aromatic heterocycles. The van der Waals surface area contributed by atoms with Crippen molar-refractivity contribution >= 4 is 27.3 Å². The monoisotopic (exact) mass is 324 g/mol. The van der Waals surface area contributed by atoms with Crippen LogP contribution < -0.4 is 5.32 Å². The number of aryl methyl sites for hydroxylation is 1. The molecule has 1 saturated heterocycles. The predicted octanol–water partition coefficient (Wildman–Crippen LogP) is 1.59. The van der Waals surface area contributed by atoms with E-state index >= 15 is 0 Å². The number of thiophene rings is 1. The Kier molecular flexibility index (Phi) is 3.92. The van der Waals surface area contributed by atoms with E-state index in [9.17, 15) is 8.42 Å². The average molecular weight is 324 g/mol. The van der Waals surface area contributed by atoms with Crippen molar-refractivity contribution in [3.63, 3.8) is 0 Å². The Morgan fingerprint density at radius 2 is 2.05 bits per heavy atom. The number of nitrogens with zero attached hydrogens (tertiary/aromatic N) is 3. The summed E-state index contributed by atoms with van der Waals surface area (Å²) in [6.07, 6.45) is 4.16. The zero-order valence-electron chi connectivity index (χ0n) is 11.6. The van der Waals surface area contributed by atoms with E-state index < -0.39 is 10.0 Å². The molecule has 112 valence electrons. The highest BCUT2D eigenvalue weighted by Gasteiger charge is 2.37. The molecule has 1 N–H and O–H groups in total. The maximum atomic E-state index is 12.4. The summed E-state index contributed by atoms with van der Waals surface area (Å²) in [5.74, 6) is 0.531. The number of hydrogen-bond acceptors (Lipinski definition) is 6. The Bertz CT molecular complexity index is 709. The molecular weight excluding hydrogens is 308 g/mol. The lowest BCUT2D eigenvalue weighted by Crippen LogP contribution is -2.56. The van der Waals surface area contributed by atoms with Crippen LogP contribution in [0.25, 0.3) is 0 Å². The van der Waals surface area contributed by atoms with Gasteiger partial charge < -0.3 is 5.32 Å². The van der Waals surface area contributed by atoms with Crippen molar-refractivity contribution in [2.24, 2.45) is 0 Å². The molecule has 8 heteroatoms. The molecule has 0 atom stereocenters. The topological polar surface area (TPSA) is 75.2 Å². The van der Waals surface area contributed by atoms with Crippen molar-refractivity contribution in [1.82, 2.24) is 14.3 Å². The first-order valence-electron chi connectivity index (χ1n) is 6.72. The smallest absolute Gasteiger partial charge is 0.252 e. The highest BCUT2D eigenvalue weighted by atomic mass is 32.2. The van der Waals surface area contributed by atoms with Gasteiger partial charge in [-0.1, -0.05) is 6.92 Å². The van der Waals surface area contributed by atoms with E-state index in [0.717, 1.165) is 11.3 Å². The van der Waals surface area contributed by atoms with E-state index in [4.69, 9.17) is 0 Å². The number of anilines is 1. The molecular formula is C13H16N4O2S2. The van der Waals surface area contributed by atoms with Crippen molar-refractivity contribution in [2.75, 3.05) is 18.4 Å². The van der Waals surface area contributed by atoms with Gasteiger partial charge in [0, 0.05) is 30.4 Å². The summed E-state index contributed by atoms with van der Waals surface area (Å²) in [5.41, 5.74) is 0. The molecule has 0 spiro atoms. The lowest BCUT2D eigenvalue weighted by atomic mass is 10.2. The van der Waals surface area contributed by atoms with Crippen LogP contribution >= 0.6 is 11.3 Å². The Balaban J connectivity index is 1.62. The van der Waals surface area contributed by atoms with Gasteiger partial charge in [0.25, 0.3) is 10.0 Å². The Labute approximate surface area is 127 Å². The molecule has 0 aliphatic carbocycles. The molecule has 21 heavy (non-hydrogen) atoms. The highest BCUT2D eigenvalue weighted by Crippen LogP contribution is 2.28. The lowest BCUT2D eigenvalue weighted by Gasteiger charge is -2.37. The zero-order valence-corrected chi connectivity index (χ0v) is 13.2. The van der Waals surface area contributed by atoms with Crippen molar-refractivity contribution in [3.8, 4) is 0 Å². The third kappa shape index (κ3) is 2.92. The van der Waals surface area contributed by atoms with E-state index in [2.05, 4.69) is 15.3 Å². The van der Waals surface area contributed by atoms with Gasteiger partial charge in [0.2, 0.25) is 5.95 Å². The minimum absolute atomic E-state index is 0.0628. The molecule has 0 unspecified atom stereocenters. The summed E-state index contributed by atoms with van der Waals surface area (Å²) in [6.45, 7) is 2.91. The second-order valence-corrected chi connectivity index (χ2v) is 8.14. The SMILES string of the molecule is CCc1ccc(S(=O)(=O)N2CC(Nc3ncccn3)C2)s1. The molecule has 6 nitrogen and oxygen atoms in total. The maximum absolute atomic E-state index is 12.4. The predicted molar refractivity (Wildman–Crippen MR) is 81.9 cm³/mol. The molecule has 2 aromatic rings. The molecule has 1 fully saturated rings. The third-order valence-electron chi connectivity index (χ3n) is 3.33. The van der Waals surface area contributed by atoms with Crippen LogP contribution in [0, 0.1) is 0 Å². The van der Waals surface area contributed by atoms with Gasteiger partial charge in [-0.05, 0) is 24.6 Å². The summed E-state index contributed by atoms with van der Waals surface area (Å²) in [5, 5.41) is 3.12. The van der Waals surface area contributed by atoms with Crippen LogP contribution in [-0.2, 0) is 16.4 Å². The fraction of sp³-hybridized carbons (Fsp3) is 0.385. The van der Waals surface area contributed by atoms with Gasteiger partial charge in [-0.3, -0.25) is 0 Å². The summed E-state index contributed by atoms with van der Waals surface area (Å²) in [4.78, 5) is 9.23. The van der Waals surface area contributed by atoms with Gasteiger partial charge in [-0.15, -0.1) is 11.3 Å². The normalized spacial score (nSPS) is 16.6. The average Bonchev–Trinajstić information content (AvgIpc) is 2.93. The van der Waals surface area contributed by atoms with Gasteiger partial charge >= 0.3 is 0 Å². The van der Waals surface area contributed by atoms with Crippen LogP contribution in [0.15, 0.2) is 34.8 Å². The zero-order chi connectivity index (χ0) is 14.9. The summed E-state index contributed by atoms with van der Waals surface area (Å²) < 4.78 is 26.7. The minimum atomic E-state index is -3.35. The molecule has 1 aliphatic rings. The number of rotatable bonds is 5. The number of aromatic nitrogens is 2. The van der Waals surface area contributed by atoms with Crippen LogP contribution in [0.5, 0.6) is 0 Å². The highest BCUT2D eigenvalue weighted by molar-refractivity contribution is 7.91. The van der Waals surface area contributed by atoms with Gasteiger partial charge in [0.15, 0.2) is 0 Å². The number of sulfonamides is 1. The van der Waals surface area contributed by atoms with Gasteiger partial charge in [-0.2, -0.15) is 4.31 Å². The first-order valence-corrected chi connectivity index (χ1v) is 8.97. The van der Waals surface area contributed by atoms with Crippen molar-refractivity contribution in [3.05, 3.63) is 35.5 Å². The van der Waals surface area contributed by atoms with E-state index in [-0.39, 0.29) is 6.04 Å². The molecule has 0 amide bonds. The van der Waals surface area contributed by atoms with E-state index in [1.54, 1.807) is 24.5 Å². The molecule has 0 saturated carbocycles. The summed E-state index contributed by atoms with van der Waals surface area (Å²) >= 11 is 1.35. The van der Waals surface area contributed by atoms with Gasteiger partial charge in [0.1, 0.15) is 4.21 Å².